The van der Waals surface area contributed by atoms with Gasteiger partial charge in [0, 0.05) is 0 Å². The number of methoxy groups -OCH3 is 1. The van der Waals surface area contributed by atoms with Gasteiger partial charge in [0.05, 0.1) is 13.7 Å². The first-order valence-electron chi connectivity index (χ1n) is 9.02. The minimum Gasteiger partial charge on any atom is -0.465 e. The van der Waals surface area contributed by atoms with Gasteiger partial charge >= 0.3 is 19.2 Å². The summed E-state index contributed by atoms with van der Waals surface area (Å²) in [4.78, 5) is 24.2. The molecule has 8 heteroatoms. The number of esters is 1. The molecule has 1 N–H and O–H groups in total. The van der Waals surface area contributed by atoms with E-state index in [-0.39, 0.29) is 18.4 Å². The van der Waals surface area contributed by atoms with Crippen LogP contribution in [0.1, 0.15) is 64.5 Å². The van der Waals surface area contributed by atoms with Crippen molar-refractivity contribution in [2.24, 2.45) is 0 Å². The van der Waals surface area contributed by atoms with Crippen molar-refractivity contribution in [3.05, 3.63) is 29.3 Å². The number of benzene rings is 1. The van der Waals surface area contributed by atoms with Crippen LogP contribution in [-0.2, 0) is 18.8 Å². The normalized spacial score (nSPS) is 14.6. The Balaban J connectivity index is 3.38. The Morgan fingerprint density at radius 1 is 1.07 bits per heavy atom. The minimum atomic E-state index is -4.21. The highest BCUT2D eigenvalue weighted by Crippen LogP contribution is 2.49. The van der Waals surface area contributed by atoms with Gasteiger partial charge in [0.25, 0.3) is 0 Å². The van der Waals surface area contributed by atoms with Gasteiger partial charge in [0.1, 0.15) is 11.8 Å². The molecule has 27 heavy (non-hydrogen) atoms. The third kappa shape index (κ3) is 5.81. The summed E-state index contributed by atoms with van der Waals surface area (Å²) in [5, 5.41) is 2.49. The fourth-order valence-electron chi connectivity index (χ4n) is 2.53. The highest BCUT2D eigenvalue weighted by atomic mass is 31.2. The number of carbonyl (C=O) groups is 2. The molecule has 0 saturated carbocycles. The van der Waals surface area contributed by atoms with E-state index < -0.39 is 25.2 Å². The second kappa shape index (κ2) is 9.90. The number of rotatable bonds is 9. The Kier molecular flexibility index (Phi) is 8.51. The van der Waals surface area contributed by atoms with E-state index in [2.05, 4.69) is 9.82 Å². The van der Waals surface area contributed by atoms with Crippen molar-refractivity contribution >= 4 is 19.2 Å². The van der Waals surface area contributed by atoms with E-state index in [9.17, 15) is 14.2 Å². The number of nitrogens with one attached hydrogen (secondary N) is 1. The molecule has 0 fully saturated rings. The van der Waals surface area contributed by atoms with Crippen LogP contribution < -0.4 is 9.61 Å². The first-order valence-corrected chi connectivity index (χ1v) is 10.6. The van der Waals surface area contributed by atoms with Crippen LogP contribution in [-0.4, -0.2) is 31.4 Å². The minimum absolute atomic E-state index is 0.0762. The van der Waals surface area contributed by atoms with Gasteiger partial charge in [-0.1, -0.05) is 45.9 Å². The number of carbonyl (C=O) groups excluding carboxylic acids is 2. The van der Waals surface area contributed by atoms with E-state index in [0.29, 0.717) is 5.75 Å². The van der Waals surface area contributed by atoms with Gasteiger partial charge in [-0.25, -0.2) is 14.4 Å². The maximum atomic E-state index is 13.4. The molecule has 0 bridgehead atoms. The monoisotopic (exact) mass is 399 g/mol. The summed E-state index contributed by atoms with van der Waals surface area (Å²) in [6, 6.07) is 4.61. The molecule has 2 unspecified atom stereocenters. The van der Waals surface area contributed by atoms with E-state index in [1.165, 1.54) is 6.92 Å². The zero-order valence-electron chi connectivity index (χ0n) is 17.1. The predicted molar refractivity (Wildman–Crippen MR) is 104 cm³/mol. The van der Waals surface area contributed by atoms with Crippen molar-refractivity contribution in [1.29, 1.82) is 0 Å². The third-order valence-corrected chi connectivity index (χ3v) is 5.79. The van der Waals surface area contributed by atoms with Crippen molar-refractivity contribution in [1.82, 2.24) is 5.09 Å². The van der Waals surface area contributed by atoms with Crippen LogP contribution in [0.4, 0.5) is 4.79 Å². The van der Waals surface area contributed by atoms with Crippen molar-refractivity contribution in [3.8, 4) is 5.75 Å². The molecule has 1 aromatic rings. The van der Waals surface area contributed by atoms with Gasteiger partial charge in [-0.15, -0.1) is 0 Å². The SMILES string of the molecule is CCOC(=O)C(C)NP(=O)(Oc1c(C(C)C)cccc1C(C)C)C(=O)OC. The van der Waals surface area contributed by atoms with E-state index in [1.54, 1.807) is 6.92 Å². The Bertz CT molecular complexity index is 690. The maximum absolute atomic E-state index is 13.4. The summed E-state index contributed by atoms with van der Waals surface area (Å²) in [6.07, 6.45) is 0. The lowest BCUT2D eigenvalue weighted by Crippen LogP contribution is -2.36. The average Bonchev–Trinajstić information content (AvgIpc) is 2.60. The summed E-state index contributed by atoms with van der Waals surface area (Å²) in [5.41, 5.74) is 0.568. The predicted octanol–water partition coefficient (Wildman–Crippen LogP) is 4.81. The van der Waals surface area contributed by atoms with Crippen molar-refractivity contribution in [2.45, 2.75) is 59.4 Å². The summed E-state index contributed by atoms with van der Waals surface area (Å²) in [5.74, 6) is -0.106. The number of hydrogen-bond acceptors (Lipinski definition) is 6. The van der Waals surface area contributed by atoms with E-state index in [4.69, 9.17) is 9.26 Å². The summed E-state index contributed by atoms with van der Waals surface area (Å²) in [6.45, 7) is 11.2. The molecule has 0 aliphatic carbocycles. The lowest BCUT2D eigenvalue weighted by atomic mass is 9.94. The summed E-state index contributed by atoms with van der Waals surface area (Å²) in [7, 11) is -3.09. The molecular formula is C19H30NO6P. The smallest absolute Gasteiger partial charge is 0.424 e. The van der Waals surface area contributed by atoms with E-state index >= 15 is 0 Å². The zero-order chi connectivity index (χ0) is 20.8. The van der Waals surface area contributed by atoms with Crippen LogP contribution in [0.25, 0.3) is 0 Å². The van der Waals surface area contributed by atoms with Crippen LogP contribution in [0.2, 0.25) is 0 Å². The van der Waals surface area contributed by atoms with Gasteiger partial charge in [-0.05, 0) is 36.8 Å². The summed E-state index contributed by atoms with van der Waals surface area (Å²) < 4.78 is 28.8. The Morgan fingerprint density at radius 2 is 1.59 bits per heavy atom. The standard InChI is InChI=1S/C19H30NO6P/c1-8-25-18(21)14(6)20-27(23,19(22)24-7)26-17-15(12(2)3)10-9-11-16(17)13(4)5/h9-14H,8H2,1-7H3,(H,20,23). The van der Waals surface area contributed by atoms with Crippen molar-refractivity contribution < 1.29 is 28.2 Å². The second-order valence-electron chi connectivity index (χ2n) is 6.79. The molecule has 152 valence electrons. The second-order valence-corrected chi connectivity index (χ2v) is 8.70. The Morgan fingerprint density at radius 3 is 2.00 bits per heavy atom. The Hall–Kier alpha value is -1.85. The number of hydrogen-bond donors (Lipinski definition) is 1. The molecular weight excluding hydrogens is 369 g/mol. The lowest BCUT2D eigenvalue weighted by Gasteiger charge is -2.25. The van der Waals surface area contributed by atoms with Gasteiger partial charge in [-0.3, -0.25) is 4.79 Å². The maximum Gasteiger partial charge on any atom is 0.424 e. The lowest BCUT2D eigenvalue weighted by molar-refractivity contribution is -0.144. The molecule has 2 atom stereocenters. The van der Waals surface area contributed by atoms with Gasteiger partial charge in [0.15, 0.2) is 0 Å². The fourth-order valence-corrected chi connectivity index (χ4v) is 4.08. The van der Waals surface area contributed by atoms with Crippen molar-refractivity contribution in [2.75, 3.05) is 13.7 Å². The molecule has 0 aliphatic heterocycles. The number of para-hydroxylation sites is 1. The van der Waals surface area contributed by atoms with Crippen molar-refractivity contribution in [3.63, 3.8) is 0 Å². The molecule has 1 rings (SSSR count). The molecule has 0 amide bonds. The highest BCUT2D eigenvalue weighted by molar-refractivity contribution is 7.74. The quantitative estimate of drug-likeness (QED) is 0.470. The molecule has 1 aromatic carbocycles. The van der Waals surface area contributed by atoms with Gasteiger partial charge in [0.2, 0.25) is 0 Å². The van der Waals surface area contributed by atoms with Gasteiger partial charge in [-0.2, -0.15) is 0 Å². The Labute approximate surface area is 161 Å². The largest absolute Gasteiger partial charge is 0.465 e. The first-order chi connectivity index (χ1) is 12.6. The molecule has 0 saturated heterocycles. The first kappa shape index (κ1) is 23.2. The van der Waals surface area contributed by atoms with Gasteiger partial charge < -0.3 is 14.0 Å². The van der Waals surface area contributed by atoms with Crippen LogP contribution in [0.3, 0.4) is 0 Å². The molecule has 7 nitrogen and oxygen atoms in total. The molecule has 0 heterocycles. The molecule has 0 aromatic heterocycles. The van der Waals surface area contributed by atoms with Crippen LogP contribution in [0, 0.1) is 0 Å². The van der Waals surface area contributed by atoms with Crippen LogP contribution in [0.15, 0.2) is 18.2 Å². The highest BCUT2D eigenvalue weighted by Gasteiger charge is 2.41. The van der Waals surface area contributed by atoms with Crippen LogP contribution >= 0.6 is 7.52 Å². The molecule has 0 radical (unpaired) electrons. The summed E-state index contributed by atoms with van der Waals surface area (Å²) >= 11 is 0. The van der Waals surface area contributed by atoms with E-state index in [0.717, 1.165) is 18.2 Å². The molecule has 0 spiro atoms. The molecule has 0 aliphatic rings. The third-order valence-electron chi connectivity index (χ3n) is 3.96. The fraction of sp³-hybridized carbons (Fsp3) is 0.579. The van der Waals surface area contributed by atoms with Crippen LogP contribution in [0.5, 0.6) is 5.75 Å². The topological polar surface area (TPSA) is 90.9 Å². The number of ether oxygens (including phenoxy) is 2. The van der Waals surface area contributed by atoms with E-state index in [1.807, 2.05) is 45.9 Å². The average molecular weight is 399 g/mol. The zero-order valence-corrected chi connectivity index (χ0v) is 18.0.